The van der Waals surface area contributed by atoms with E-state index >= 15 is 0 Å². The van der Waals surface area contributed by atoms with Gasteiger partial charge in [-0.25, -0.2) is 0 Å². The number of aliphatic hydroxyl groups excluding tert-OH is 1. The number of hydrogen-bond donors (Lipinski definition) is 1. The number of fused-ring (bicyclic) bond motifs is 2. The zero-order valence-electron chi connectivity index (χ0n) is 26.3. The molecule has 1 spiro atoms. The number of rotatable bonds is 7. The van der Waals surface area contributed by atoms with E-state index in [0.717, 1.165) is 54.1 Å². The quantitative estimate of drug-likeness (QED) is 0.318. The van der Waals surface area contributed by atoms with Crippen LogP contribution >= 0.6 is 0 Å². The van der Waals surface area contributed by atoms with Crippen LogP contribution in [0.5, 0.6) is 5.75 Å². The van der Waals surface area contributed by atoms with Crippen molar-refractivity contribution in [1.29, 1.82) is 0 Å². The van der Waals surface area contributed by atoms with Gasteiger partial charge in [0.05, 0.1) is 27.0 Å². The Balaban J connectivity index is 1.50. The molecule has 2 saturated heterocycles. The van der Waals surface area contributed by atoms with Crippen molar-refractivity contribution in [2.75, 3.05) is 30.1 Å². The Morgan fingerprint density at radius 3 is 2.39 bits per heavy atom. The van der Waals surface area contributed by atoms with Gasteiger partial charge in [-0.15, -0.1) is 0 Å². The van der Waals surface area contributed by atoms with Gasteiger partial charge in [-0.05, 0) is 67.3 Å². The van der Waals surface area contributed by atoms with Gasteiger partial charge in [-0.3, -0.25) is 14.5 Å². The fourth-order valence-electron chi connectivity index (χ4n) is 8.06. The number of aliphatic hydroxyl groups is 1. The summed E-state index contributed by atoms with van der Waals surface area (Å²) in [5.74, 6) is 0.656. The van der Waals surface area contributed by atoms with Gasteiger partial charge in [0.1, 0.15) is 5.75 Å². The molecule has 1 N–H and O–H groups in total. The Labute approximate surface area is 261 Å². The predicted molar refractivity (Wildman–Crippen MR) is 177 cm³/mol. The summed E-state index contributed by atoms with van der Waals surface area (Å²) in [7, 11) is -0.618. The lowest BCUT2D eigenvalue weighted by Gasteiger charge is -2.37. The normalized spacial score (nSPS) is 25.7. The molecule has 4 atom stereocenters. The van der Waals surface area contributed by atoms with Crippen LogP contribution in [-0.4, -0.2) is 51.4 Å². The first kappa shape index (κ1) is 30.6. The maximum atomic E-state index is 14.9. The first-order valence-corrected chi connectivity index (χ1v) is 19.1. The van der Waals surface area contributed by atoms with Gasteiger partial charge >= 0.3 is 0 Å². The maximum absolute atomic E-state index is 14.9. The molecule has 2 fully saturated rings. The van der Waals surface area contributed by atoms with Gasteiger partial charge in [0.25, 0.3) is 5.91 Å². The number of methoxy groups -OCH3 is 1. The third-order valence-electron chi connectivity index (χ3n) is 10.3. The molecule has 232 valence electrons. The molecule has 3 aliphatic heterocycles. The molecule has 8 heteroatoms. The largest absolute Gasteiger partial charge is 0.497 e. The second-order valence-electron chi connectivity index (χ2n) is 13.1. The van der Waals surface area contributed by atoms with Crippen molar-refractivity contribution in [2.24, 2.45) is 5.92 Å². The Morgan fingerprint density at radius 2 is 1.68 bits per heavy atom. The van der Waals surface area contributed by atoms with E-state index < -0.39 is 13.7 Å². The number of anilines is 3. The van der Waals surface area contributed by atoms with Crippen molar-refractivity contribution in [3.63, 3.8) is 0 Å². The molecule has 0 bridgehead atoms. The van der Waals surface area contributed by atoms with E-state index in [0.29, 0.717) is 19.4 Å². The summed E-state index contributed by atoms with van der Waals surface area (Å²) in [5, 5.41) is 11.5. The lowest BCUT2D eigenvalue weighted by molar-refractivity contribution is -0.145. The van der Waals surface area contributed by atoms with E-state index in [2.05, 4.69) is 32.2 Å². The first-order chi connectivity index (χ1) is 21.2. The van der Waals surface area contributed by atoms with Gasteiger partial charge in [0, 0.05) is 42.4 Å². The van der Waals surface area contributed by atoms with Crippen molar-refractivity contribution in [3.05, 3.63) is 78.4 Å². The summed E-state index contributed by atoms with van der Waals surface area (Å²) < 4.78 is 12.5. The van der Waals surface area contributed by atoms with E-state index in [1.807, 2.05) is 65.6 Å². The summed E-state index contributed by atoms with van der Waals surface area (Å²) in [4.78, 5) is 32.0. The minimum absolute atomic E-state index is 0.0250. The highest BCUT2D eigenvalue weighted by molar-refractivity contribution is 6.91. The monoisotopic (exact) mass is 612 g/mol. The van der Waals surface area contributed by atoms with Crippen molar-refractivity contribution >= 4 is 42.1 Å². The minimum Gasteiger partial charge on any atom is -0.497 e. The zero-order chi connectivity index (χ0) is 31.1. The molecule has 0 aliphatic carbocycles. The van der Waals surface area contributed by atoms with Crippen LogP contribution in [0.3, 0.4) is 0 Å². The minimum atomic E-state index is -2.29. The van der Waals surface area contributed by atoms with Gasteiger partial charge < -0.3 is 19.5 Å². The van der Waals surface area contributed by atoms with E-state index in [1.54, 1.807) is 12.0 Å². The molecule has 7 nitrogen and oxygen atoms in total. The molecule has 2 amide bonds. The Kier molecular flexibility index (Phi) is 8.43. The Bertz CT molecular complexity index is 1510. The summed E-state index contributed by atoms with van der Waals surface area (Å²) in [5.41, 5.74) is 2.02. The molecule has 0 radical (unpaired) electrons. The van der Waals surface area contributed by atoms with Crippen molar-refractivity contribution in [1.82, 2.24) is 0 Å². The number of amides is 2. The van der Waals surface area contributed by atoms with Crippen LogP contribution in [0.2, 0.25) is 18.6 Å². The van der Waals surface area contributed by atoms with Crippen molar-refractivity contribution < 1.29 is 24.2 Å². The smallest absolute Gasteiger partial charge is 0.268 e. The fraction of sp³-hybridized carbons (Fsp3) is 0.444. The van der Waals surface area contributed by atoms with Gasteiger partial charge in [-0.2, -0.15) is 0 Å². The molecular weight excluding hydrogens is 568 g/mol. The molecule has 0 aromatic heterocycles. The number of nitrogens with zero attached hydrogens (tertiary/aromatic N) is 2. The highest BCUT2D eigenvalue weighted by Crippen LogP contribution is 2.61. The summed E-state index contributed by atoms with van der Waals surface area (Å²) in [6, 6.07) is 24.1. The summed E-state index contributed by atoms with van der Waals surface area (Å²) >= 11 is 0. The second kappa shape index (κ2) is 12.1. The molecule has 44 heavy (non-hydrogen) atoms. The van der Waals surface area contributed by atoms with Gasteiger partial charge in [0.2, 0.25) is 5.91 Å². The molecule has 0 unspecified atom stereocenters. The fourth-order valence-corrected chi connectivity index (χ4v) is 12.1. The van der Waals surface area contributed by atoms with Crippen LogP contribution in [0.1, 0.15) is 51.0 Å². The Hall–Kier alpha value is -3.46. The molecule has 3 aromatic rings. The lowest BCUT2D eigenvalue weighted by Crippen LogP contribution is -2.51. The number of hydrogen-bond acceptors (Lipinski definition) is 5. The number of carbonyl (C=O) groups excluding carboxylic acids is 2. The molecule has 6 rings (SSSR count). The van der Waals surface area contributed by atoms with Crippen LogP contribution in [0, 0.1) is 5.92 Å². The van der Waals surface area contributed by atoms with Crippen LogP contribution < -0.4 is 19.7 Å². The van der Waals surface area contributed by atoms with Gasteiger partial charge in [0.15, 0.2) is 5.60 Å². The lowest BCUT2D eigenvalue weighted by atomic mass is 9.82. The molecule has 3 aromatic carbocycles. The standard InChI is InChI=1S/C36H44N2O5Si/c1-25-34(44(3,4)29-18-16-28(42-2)17-19-29)32(21-23-39)43-36(25)30-24-27(37-22-11-6-5-10-14-33(37)40)15-20-31(30)38(35(36)41)26-12-8-7-9-13-26/h7-9,12-13,15-20,24-25,32,34,39H,5-6,10-11,14,21-23H2,1-4H3/t25-,32+,34-,36+/m1/s1. The van der Waals surface area contributed by atoms with Crippen molar-refractivity contribution in [3.8, 4) is 5.75 Å². The third-order valence-corrected chi connectivity index (χ3v) is 14.6. The number of benzene rings is 3. The van der Waals surface area contributed by atoms with Crippen LogP contribution in [-0.2, 0) is 19.9 Å². The van der Waals surface area contributed by atoms with Gasteiger partial charge in [-0.1, -0.05) is 68.4 Å². The second-order valence-corrected chi connectivity index (χ2v) is 17.7. The first-order valence-electron chi connectivity index (χ1n) is 16.0. The molecule has 3 heterocycles. The van der Waals surface area contributed by atoms with Crippen LogP contribution in [0.25, 0.3) is 0 Å². The number of para-hydroxylation sites is 1. The number of carbonyl (C=O) groups is 2. The summed E-state index contributed by atoms with van der Waals surface area (Å²) in [6.45, 7) is 7.48. The van der Waals surface area contributed by atoms with E-state index in [-0.39, 0.29) is 36.0 Å². The predicted octanol–water partition coefficient (Wildman–Crippen LogP) is 6.27. The topological polar surface area (TPSA) is 79.3 Å². The maximum Gasteiger partial charge on any atom is 0.268 e. The number of ether oxygens (including phenoxy) is 2. The van der Waals surface area contributed by atoms with Crippen LogP contribution in [0.4, 0.5) is 17.1 Å². The Morgan fingerprint density at radius 1 is 0.955 bits per heavy atom. The van der Waals surface area contributed by atoms with Crippen molar-refractivity contribution in [2.45, 2.75) is 75.8 Å². The summed E-state index contributed by atoms with van der Waals surface area (Å²) in [6.07, 6.45) is 4.72. The average molecular weight is 613 g/mol. The molecular formula is C36H44N2O5Si. The zero-order valence-corrected chi connectivity index (χ0v) is 27.3. The van der Waals surface area contributed by atoms with E-state index in [9.17, 15) is 14.7 Å². The average Bonchev–Trinajstić information content (AvgIpc) is 3.46. The highest BCUT2D eigenvalue weighted by Gasteiger charge is 2.66. The van der Waals surface area contributed by atoms with E-state index in [4.69, 9.17) is 9.47 Å². The SMILES string of the molecule is COc1ccc([Si](C)(C)[C@H]2[C@H](CCO)O[C@@]3(C(=O)N(c4ccccc4)c4ccc(N5CCCCCCC5=O)cc43)[C@@H]2C)cc1. The molecule has 0 saturated carbocycles. The highest BCUT2D eigenvalue weighted by atomic mass is 28.3. The van der Waals surface area contributed by atoms with E-state index in [1.165, 1.54) is 5.19 Å². The molecule has 3 aliphatic rings. The van der Waals surface area contributed by atoms with Crippen LogP contribution in [0.15, 0.2) is 72.8 Å². The third kappa shape index (κ3) is 4.97.